The second-order valence-electron chi connectivity index (χ2n) is 8.85. The minimum atomic E-state index is -3.76. The van der Waals surface area contributed by atoms with E-state index in [1.165, 1.54) is 0 Å². The molecule has 0 radical (unpaired) electrons. The summed E-state index contributed by atoms with van der Waals surface area (Å²) in [7, 11) is -3.76. The van der Waals surface area contributed by atoms with Crippen LogP contribution in [0.3, 0.4) is 0 Å². The number of H-pyrrole nitrogens is 1. The van der Waals surface area contributed by atoms with Gasteiger partial charge in [-0.15, -0.1) is 15.3 Å². The zero-order valence-corrected chi connectivity index (χ0v) is 20.6. The molecule has 1 aliphatic heterocycles. The van der Waals surface area contributed by atoms with Crippen molar-refractivity contribution in [3.05, 3.63) is 35.7 Å². The van der Waals surface area contributed by atoms with Gasteiger partial charge in [-0.1, -0.05) is 57.9 Å². The second kappa shape index (κ2) is 11.1. The fourth-order valence-corrected chi connectivity index (χ4v) is 5.08. The van der Waals surface area contributed by atoms with Crippen LogP contribution in [0.5, 0.6) is 0 Å². The van der Waals surface area contributed by atoms with Crippen molar-refractivity contribution < 1.29 is 8.42 Å². The molecule has 1 unspecified atom stereocenters. The van der Waals surface area contributed by atoms with E-state index < -0.39 is 21.7 Å². The summed E-state index contributed by atoms with van der Waals surface area (Å²) in [4.78, 5) is 5.06. The number of aromatic amines is 1. The van der Waals surface area contributed by atoms with Crippen molar-refractivity contribution in [3.8, 4) is 0 Å². The summed E-state index contributed by atoms with van der Waals surface area (Å²) in [5.41, 5.74) is 0.391. The van der Waals surface area contributed by atoms with Crippen LogP contribution < -0.4 is 4.72 Å². The topological polar surface area (TPSA) is 138 Å². The number of aliphatic imine (C=N–C) groups is 1. The number of nitrogens with one attached hydrogen (secondary N) is 2. The summed E-state index contributed by atoms with van der Waals surface area (Å²) >= 11 is 0. The van der Waals surface area contributed by atoms with E-state index in [-0.39, 0.29) is 10.8 Å². The first-order valence-electron chi connectivity index (χ1n) is 11.6. The Kier molecular flexibility index (Phi) is 8.41. The zero-order valence-electron chi connectivity index (χ0n) is 19.8. The standard InChI is InChI=1S/C22H34N8O2S/c1-5-7-9-19-23-22(28-24-19,14-8-6-2)15-17-10-12-18(13-11-17)33(31,32)27-20(16(3)4)21-25-29-30-26-21/h10-13,16,20,27H,5-9,14-15H2,1-4H3,(H,25,26,29,30)/t20-,22?/m1/s1. The van der Waals surface area contributed by atoms with E-state index in [0.717, 1.165) is 49.9 Å². The van der Waals surface area contributed by atoms with Gasteiger partial charge in [0.25, 0.3) is 0 Å². The molecule has 2 heterocycles. The number of amidine groups is 1. The Bertz CT molecular complexity index is 1050. The number of rotatable bonds is 13. The maximum atomic E-state index is 13.0. The number of benzene rings is 1. The van der Waals surface area contributed by atoms with Crippen LogP contribution in [0.4, 0.5) is 0 Å². The summed E-state index contributed by atoms with van der Waals surface area (Å²) in [5.74, 6) is 1.08. The Labute approximate surface area is 195 Å². The maximum Gasteiger partial charge on any atom is 0.241 e. The molecule has 2 atom stereocenters. The molecule has 0 bridgehead atoms. The average molecular weight is 475 g/mol. The van der Waals surface area contributed by atoms with E-state index in [1.807, 2.05) is 26.0 Å². The average Bonchev–Trinajstić information content (AvgIpc) is 3.46. The molecule has 0 saturated carbocycles. The van der Waals surface area contributed by atoms with Gasteiger partial charge in [-0.2, -0.15) is 10.3 Å². The first-order chi connectivity index (χ1) is 15.8. The Hall–Kier alpha value is -2.53. The summed E-state index contributed by atoms with van der Waals surface area (Å²) in [6.07, 6.45) is 6.45. The third-order valence-corrected chi connectivity index (χ3v) is 7.14. The van der Waals surface area contributed by atoms with Crippen molar-refractivity contribution in [2.24, 2.45) is 21.1 Å². The van der Waals surface area contributed by atoms with Crippen molar-refractivity contribution in [1.29, 1.82) is 0 Å². The van der Waals surface area contributed by atoms with Gasteiger partial charge in [0, 0.05) is 12.8 Å². The Balaban J connectivity index is 1.75. The smallest absolute Gasteiger partial charge is 0.236 e. The van der Waals surface area contributed by atoms with Gasteiger partial charge < -0.3 is 0 Å². The predicted molar refractivity (Wildman–Crippen MR) is 126 cm³/mol. The minimum Gasteiger partial charge on any atom is -0.236 e. The van der Waals surface area contributed by atoms with E-state index in [0.29, 0.717) is 12.2 Å². The van der Waals surface area contributed by atoms with Gasteiger partial charge in [0.15, 0.2) is 11.5 Å². The predicted octanol–water partition coefficient (Wildman–Crippen LogP) is 4.36. The van der Waals surface area contributed by atoms with E-state index in [1.54, 1.807) is 12.1 Å². The van der Waals surface area contributed by atoms with Crippen molar-refractivity contribution in [3.63, 3.8) is 0 Å². The van der Waals surface area contributed by atoms with E-state index in [2.05, 4.69) is 49.4 Å². The molecule has 33 heavy (non-hydrogen) atoms. The molecule has 1 aromatic carbocycles. The monoisotopic (exact) mass is 474 g/mol. The number of azo groups is 1. The quantitative estimate of drug-likeness (QED) is 0.444. The lowest BCUT2D eigenvalue weighted by atomic mass is 9.95. The fraction of sp³-hybridized carbons (Fsp3) is 0.636. The largest absolute Gasteiger partial charge is 0.241 e. The van der Waals surface area contributed by atoms with E-state index >= 15 is 0 Å². The molecule has 0 spiro atoms. The summed E-state index contributed by atoms with van der Waals surface area (Å²) in [6, 6.07) is 6.31. The third-order valence-electron chi connectivity index (χ3n) is 5.68. The second-order valence-corrected chi connectivity index (χ2v) is 10.6. The number of sulfonamides is 1. The Morgan fingerprint density at radius 3 is 2.42 bits per heavy atom. The number of nitrogens with zero attached hydrogens (tertiary/aromatic N) is 6. The molecule has 10 nitrogen and oxygen atoms in total. The molecule has 2 N–H and O–H groups in total. The lowest BCUT2D eigenvalue weighted by Crippen LogP contribution is -2.32. The molecule has 2 aromatic rings. The van der Waals surface area contributed by atoms with Gasteiger partial charge in [-0.05, 0) is 42.9 Å². The zero-order chi connectivity index (χ0) is 23.9. The van der Waals surface area contributed by atoms with Crippen molar-refractivity contribution in [2.45, 2.75) is 89.2 Å². The normalized spacial score (nSPS) is 19.2. The number of hydrogen-bond donors (Lipinski definition) is 2. The lowest BCUT2D eigenvalue weighted by Gasteiger charge is -2.22. The number of unbranched alkanes of at least 4 members (excludes halogenated alkanes) is 2. The highest BCUT2D eigenvalue weighted by atomic mass is 32.2. The van der Waals surface area contributed by atoms with Gasteiger partial charge >= 0.3 is 0 Å². The van der Waals surface area contributed by atoms with Crippen LogP contribution in [0.1, 0.15) is 83.6 Å². The lowest BCUT2D eigenvalue weighted by molar-refractivity contribution is 0.396. The molecule has 3 rings (SSSR count). The highest BCUT2D eigenvalue weighted by Crippen LogP contribution is 2.32. The molecule has 0 fully saturated rings. The van der Waals surface area contributed by atoms with Crippen LogP contribution >= 0.6 is 0 Å². The molecular formula is C22H34N8O2S. The first-order valence-corrected chi connectivity index (χ1v) is 13.1. The summed E-state index contributed by atoms with van der Waals surface area (Å²) < 4.78 is 28.7. The number of aromatic nitrogens is 4. The molecule has 11 heteroatoms. The van der Waals surface area contributed by atoms with Crippen LogP contribution in [0.2, 0.25) is 0 Å². The fourth-order valence-electron chi connectivity index (χ4n) is 3.74. The van der Waals surface area contributed by atoms with Gasteiger partial charge in [0.1, 0.15) is 5.84 Å². The molecule has 1 aliphatic rings. The first kappa shape index (κ1) is 25.1. The highest BCUT2D eigenvalue weighted by molar-refractivity contribution is 7.89. The van der Waals surface area contributed by atoms with Crippen LogP contribution in [0.25, 0.3) is 0 Å². The van der Waals surface area contributed by atoms with Gasteiger partial charge in [0.05, 0.1) is 10.9 Å². The summed E-state index contributed by atoms with van der Waals surface area (Å²) in [6.45, 7) is 8.09. The number of tetrazole rings is 1. The van der Waals surface area contributed by atoms with Gasteiger partial charge in [-0.3, -0.25) is 0 Å². The maximum absolute atomic E-state index is 13.0. The van der Waals surface area contributed by atoms with E-state index in [9.17, 15) is 8.42 Å². The van der Waals surface area contributed by atoms with Gasteiger partial charge in [0.2, 0.25) is 10.0 Å². The Morgan fingerprint density at radius 2 is 1.82 bits per heavy atom. The van der Waals surface area contributed by atoms with Gasteiger partial charge in [-0.25, -0.2) is 18.1 Å². The highest BCUT2D eigenvalue weighted by Gasteiger charge is 2.34. The minimum absolute atomic E-state index is 0.0532. The molecule has 0 aliphatic carbocycles. The van der Waals surface area contributed by atoms with Crippen molar-refractivity contribution >= 4 is 15.9 Å². The molecular weight excluding hydrogens is 440 g/mol. The van der Waals surface area contributed by atoms with Crippen LogP contribution in [0, 0.1) is 5.92 Å². The summed E-state index contributed by atoms with van der Waals surface area (Å²) in [5, 5.41) is 22.7. The molecule has 180 valence electrons. The Morgan fingerprint density at radius 1 is 1.09 bits per heavy atom. The SMILES string of the molecule is CCCCC1=NC(CCCC)(Cc2ccc(S(=O)(=O)N[C@@H](c3nn[nH]n3)C(C)C)cc2)N=N1. The molecule has 1 aromatic heterocycles. The van der Waals surface area contributed by atoms with Crippen molar-refractivity contribution in [1.82, 2.24) is 25.3 Å². The molecule has 0 saturated heterocycles. The van der Waals surface area contributed by atoms with Crippen LogP contribution in [-0.4, -0.2) is 40.5 Å². The van der Waals surface area contributed by atoms with Crippen LogP contribution in [-0.2, 0) is 16.4 Å². The molecule has 0 amide bonds. The van der Waals surface area contributed by atoms with Crippen molar-refractivity contribution in [2.75, 3.05) is 0 Å². The van der Waals surface area contributed by atoms with E-state index in [4.69, 9.17) is 4.99 Å². The third kappa shape index (κ3) is 6.50. The number of hydrogen-bond acceptors (Lipinski definition) is 8. The van der Waals surface area contributed by atoms with Crippen LogP contribution in [0.15, 0.2) is 44.4 Å².